The predicted octanol–water partition coefficient (Wildman–Crippen LogP) is 13.9. The Morgan fingerprint density at radius 3 is 1.57 bits per heavy atom. The molecule has 3 heteroatoms. The molecular weight excluding hydrogens is 771 g/mol. The Bertz CT molecular complexity index is 3310. The molecule has 0 bridgehead atoms. The molecule has 286 valence electrons. The summed E-state index contributed by atoms with van der Waals surface area (Å²) in [6, 6.07) is 85.2. The third-order valence-corrected chi connectivity index (χ3v) is 17.0. The highest BCUT2D eigenvalue weighted by Crippen LogP contribution is 2.45. The molecule has 11 aromatic rings. The monoisotopic (exact) mass is 809 g/mol. The minimum Gasteiger partial charge on any atom is -0.310 e. The van der Waals surface area contributed by atoms with Crippen LogP contribution in [0.2, 0.25) is 0 Å². The fraction of sp³-hybridized carbons (Fsp3) is 0. The Labute approximate surface area is 361 Å². The number of anilines is 3. The molecule has 0 fully saturated rings. The van der Waals surface area contributed by atoms with Crippen LogP contribution in [0.1, 0.15) is 0 Å². The number of hydrogen-bond donors (Lipinski definition) is 0. The van der Waals surface area contributed by atoms with Crippen molar-refractivity contribution in [2.24, 2.45) is 0 Å². The van der Waals surface area contributed by atoms with Gasteiger partial charge in [-0.1, -0.05) is 181 Å². The normalized spacial score (nSPS) is 13.1. The van der Waals surface area contributed by atoms with Crippen LogP contribution in [0.15, 0.2) is 231 Å². The molecule has 12 rings (SSSR count). The number of nitrogens with zero attached hydrogens (tertiary/aromatic N) is 1. The van der Waals surface area contributed by atoms with Crippen LogP contribution in [0.4, 0.5) is 17.1 Å². The zero-order valence-corrected chi connectivity index (χ0v) is 35.3. The maximum absolute atomic E-state index is 2.45. The van der Waals surface area contributed by atoms with Gasteiger partial charge in [0.1, 0.15) is 8.80 Å². The van der Waals surface area contributed by atoms with Crippen LogP contribution in [0.3, 0.4) is 0 Å². The molecule has 1 nitrogen and oxygen atoms in total. The third-order valence-electron chi connectivity index (χ3n) is 12.5. The Morgan fingerprint density at radius 1 is 0.344 bits per heavy atom. The van der Waals surface area contributed by atoms with E-state index in [0.717, 1.165) is 17.1 Å². The van der Waals surface area contributed by atoms with Crippen LogP contribution in [-0.2, 0) is 0 Å². The maximum atomic E-state index is 2.45. The molecular formula is C58H39NSSi. The molecule has 10 aromatic carbocycles. The quantitative estimate of drug-likeness (QED) is 0.145. The van der Waals surface area contributed by atoms with Crippen LogP contribution in [0.5, 0.6) is 0 Å². The van der Waals surface area contributed by atoms with Crippen LogP contribution in [-0.4, -0.2) is 8.80 Å². The average molecular weight is 810 g/mol. The summed E-state index contributed by atoms with van der Waals surface area (Å²) in [5.41, 5.74) is 13.4. The summed E-state index contributed by atoms with van der Waals surface area (Å²) < 4.78 is 2.66. The number of benzene rings is 10. The highest BCUT2D eigenvalue weighted by Gasteiger charge is 2.33. The summed E-state index contributed by atoms with van der Waals surface area (Å²) in [4.78, 5) is 2.38. The number of thiophene rings is 1. The van der Waals surface area contributed by atoms with E-state index >= 15 is 0 Å². The zero-order valence-electron chi connectivity index (χ0n) is 33.4. The third kappa shape index (κ3) is 6.13. The van der Waals surface area contributed by atoms with Gasteiger partial charge in [-0.15, -0.1) is 11.3 Å². The number of fused-ring (bicyclic) bond motifs is 9. The lowest BCUT2D eigenvalue weighted by Gasteiger charge is -2.26. The molecule has 1 atom stereocenters. The fourth-order valence-electron chi connectivity index (χ4n) is 9.70. The smallest absolute Gasteiger partial charge is 0.134 e. The van der Waals surface area contributed by atoms with Gasteiger partial charge in [-0.05, 0) is 120 Å². The second-order valence-electron chi connectivity index (χ2n) is 16.0. The Hall–Kier alpha value is -7.30. The van der Waals surface area contributed by atoms with E-state index in [1.807, 2.05) is 11.3 Å². The molecule has 0 spiro atoms. The molecule has 0 saturated carbocycles. The van der Waals surface area contributed by atoms with Gasteiger partial charge in [0, 0.05) is 37.2 Å². The van der Waals surface area contributed by atoms with Crippen molar-refractivity contribution in [2.75, 3.05) is 4.90 Å². The molecule has 0 aliphatic carbocycles. The fourth-order valence-corrected chi connectivity index (χ4v) is 14.2. The van der Waals surface area contributed by atoms with Gasteiger partial charge in [0.05, 0.1) is 0 Å². The second-order valence-corrected chi connectivity index (χ2v) is 19.9. The molecule has 2 heterocycles. The first-order valence-corrected chi connectivity index (χ1v) is 23.6. The maximum Gasteiger partial charge on any atom is 0.134 e. The van der Waals surface area contributed by atoms with Gasteiger partial charge in [0.25, 0.3) is 0 Å². The predicted molar refractivity (Wildman–Crippen MR) is 266 cm³/mol. The Morgan fingerprint density at radius 2 is 0.885 bits per heavy atom. The van der Waals surface area contributed by atoms with E-state index in [9.17, 15) is 0 Å². The van der Waals surface area contributed by atoms with Gasteiger partial charge in [-0.3, -0.25) is 0 Å². The molecule has 1 aliphatic rings. The van der Waals surface area contributed by atoms with Crippen LogP contribution in [0.25, 0.3) is 75.5 Å². The minimum atomic E-state index is -1.63. The summed E-state index contributed by atoms with van der Waals surface area (Å²) in [6.07, 6.45) is 0. The average Bonchev–Trinajstić information content (AvgIpc) is 3.89. The Kier molecular flexibility index (Phi) is 8.62. The molecule has 0 amide bonds. The first kappa shape index (κ1) is 35.6. The first-order valence-electron chi connectivity index (χ1n) is 21.0. The largest absolute Gasteiger partial charge is 0.310 e. The van der Waals surface area contributed by atoms with E-state index in [-0.39, 0.29) is 0 Å². The van der Waals surface area contributed by atoms with Gasteiger partial charge >= 0.3 is 0 Å². The molecule has 0 N–H and O–H groups in total. The number of hydrogen-bond acceptors (Lipinski definition) is 2. The van der Waals surface area contributed by atoms with Gasteiger partial charge in [0.15, 0.2) is 0 Å². The number of rotatable bonds is 7. The van der Waals surface area contributed by atoms with Crippen molar-refractivity contribution in [2.45, 2.75) is 0 Å². The molecule has 1 unspecified atom stereocenters. The SMILES string of the molecule is c1ccc(-c2ccc(N(c3ccc(-c4ccccc4)cc3)c3cccc(-c4ccc5sc6ccc7ccc8c(c7c6c5c4)-c4ccccc4[SiH]8c4ccccc4)c3)cc2)cc1. The van der Waals surface area contributed by atoms with Gasteiger partial charge < -0.3 is 4.90 Å². The highest BCUT2D eigenvalue weighted by molar-refractivity contribution is 7.26. The van der Waals surface area contributed by atoms with Crippen LogP contribution in [0, 0.1) is 0 Å². The summed E-state index contributed by atoms with van der Waals surface area (Å²) in [6.45, 7) is 0. The lowest BCUT2D eigenvalue weighted by Crippen LogP contribution is -2.48. The highest BCUT2D eigenvalue weighted by atomic mass is 32.1. The standard InChI is InChI=1S/C58H39NSSi/c1-4-13-39(14-5-1)41-23-30-46(31-24-41)59(47-32-25-42(26-33-47)40-15-6-2-7-16-40)48-18-12-17-44(37-48)45-28-34-52-51(38-45)57-53(60-52)35-27-43-29-36-55-58(56(43)57)50-21-10-11-22-54(50)61(55)49-19-8-3-9-20-49/h1-38,61H. The lowest BCUT2D eigenvalue weighted by atomic mass is 9.94. The Balaban J connectivity index is 0.999. The molecule has 1 aliphatic heterocycles. The van der Waals surface area contributed by atoms with Crippen molar-refractivity contribution in [1.29, 1.82) is 0 Å². The van der Waals surface area contributed by atoms with Crippen molar-refractivity contribution in [1.82, 2.24) is 0 Å². The van der Waals surface area contributed by atoms with Crippen molar-refractivity contribution in [3.05, 3.63) is 231 Å². The summed E-state index contributed by atoms with van der Waals surface area (Å²) in [5, 5.41) is 9.95. The lowest BCUT2D eigenvalue weighted by molar-refractivity contribution is 1.28. The van der Waals surface area contributed by atoms with Crippen LogP contribution < -0.4 is 20.5 Å². The van der Waals surface area contributed by atoms with E-state index < -0.39 is 8.80 Å². The van der Waals surface area contributed by atoms with Gasteiger partial charge in [-0.25, -0.2) is 0 Å². The van der Waals surface area contributed by atoms with Crippen molar-refractivity contribution in [3.8, 4) is 44.5 Å². The summed E-state index contributed by atoms with van der Waals surface area (Å²) in [7, 11) is -1.63. The minimum absolute atomic E-state index is 1.11. The molecule has 0 radical (unpaired) electrons. The van der Waals surface area contributed by atoms with E-state index in [4.69, 9.17) is 0 Å². The second kappa shape index (κ2) is 14.8. The van der Waals surface area contributed by atoms with E-state index in [1.165, 1.54) is 91.0 Å². The summed E-state index contributed by atoms with van der Waals surface area (Å²) in [5.74, 6) is 0. The molecule has 61 heavy (non-hydrogen) atoms. The summed E-state index contributed by atoms with van der Waals surface area (Å²) >= 11 is 1.91. The first-order chi connectivity index (χ1) is 30.2. The zero-order chi connectivity index (χ0) is 40.3. The molecule has 0 saturated heterocycles. The van der Waals surface area contributed by atoms with Crippen molar-refractivity contribution < 1.29 is 0 Å². The van der Waals surface area contributed by atoms with E-state index in [1.54, 1.807) is 0 Å². The van der Waals surface area contributed by atoms with Crippen molar-refractivity contribution in [3.63, 3.8) is 0 Å². The van der Waals surface area contributed by atoms with E-state index in [2.05, 4.69) is 235 Å². The molecule has 1 aromatic heterocycles. The topological polar surface area (TPSA) is 3.24 Å². The van der Waals surface area contributed by atoms with E-state index in [0.29, 0.717) is 0 Å². The van der Waals surface area contributed by atoms with Crippen LogP contribution >= 0.6 is 11.3 Å². The van der Waals surface area contributed by atoms with Crippen molar-refractivity contribution >= 4 is 83.7 Å². The van der Waals surface area contributed by atoms with Gasteiger partial charge in [-0.2, -0.15) is 0 Å². The van der Waals surface area contributed by atoms with Gasteiger partial charge in [0.2, 0.25) is 0 Å².